The average molecular weight is 484 g/mol. The topological polar surface area (TPSA) is 79.4 Å². The van der Waals surface area contributed by atoms with Gasteiger partial charge >= 0.3 is 0 Å². The molecule has 0 spiro atoms. The van der Waals surface area contributed by atoms with Crippen LogP contribution in [0, 0.1) is 30.6 Å². The van der Waals surface area contributed by atoms with Gasteiger partial charge in [0.2, 0.25) is 15.9 Å². The second-order valence-electron chi connectivity index (χ2n) is 9.90. The van der Waals surface area contributed by atoms with Crippen molar-refractivity contribution in [3.05, 3.63) is 71.6 Å². The first-order valence-electron chi connectivity index (χ1n) is 11.9. The lowest BCUT2D eigenvalue weighted by atomic mass is 9.70. The molecule has 1 aliphatic rings. The zero-order valence-electron chi connectivity index (χ0n) is 20.9. The summed E-state index contributed by atoms with van der Waals surface area (Å²) >= 11 is 0. The minimum Gasteiger partial charge on any atom is -0.341 e. The average Bonchev–Trinajstić information content (AvgIpc) is 2.79. The molecule has 1 heterocycles. The molecule has 0 saturated heterocycles. The Bertz CT molecular complexity index is 1100. The van der Waals surface area contributed by atoms with E-state index < -0.39 is 10.0 Å². The molecule has 0 fully saturated rings. The lowest BCUT2D eigenvalue weighted by Crippen LogP contribution is -2.38. The summed E-state index contributed by atoms with van der Waals surface area (Å²) in [5, 5.41) is 0. The zero-order chi connectivity index (χ0) is 24.9. The van der Waals surface area contributed by atoms with E-state index in [-0.39, 0.29) is 22.6 Å². The fourth-order valence-electron chi connectivity index (χ4n) is 4.73. The standard InChI is InChI=1S/C27H37N3O3S/c1-19(2)26-14-23(15-27(31)30(5)18-22-7-6-12-28-16-22)21(4)13-24(26)17-29-34(32,33)25-10-8-20(3)9-11-25/h6-13,16,19,23-24,26,29H,14-15,17-18H2,1-5H3/t23-,24-,26-/m0/s1. The largest absolute Gasteiger partial charge is 0.341 e. The first kappa shape index (κ1) is 26.1. The number of nitrogens with one attached hydrogen (secondary N) is 1. The number of nitrogens with zero attached hydrogens (tertiary/aromatic N) is 2. The van der Waals surface area contributed by atoms with Crippen LogP contribution in [0.5, 0.6) is 0 Å². The third-order valence-corrected chi connectivity index (χ3v) is 8.35. The molecular formula is C27H37N3O3S. The minimum atomic E-state index is -3.56. The summed E-state index contributed by atoms with van der Waals surface area (Å²) in [6.45, 7) is 9.25. The van der Waals surface area contributed by atoms with Gasteiger partial charge in [-0.15, -0.1) is 0 Å². The summed E-state index contributed by atoms with van der Waals surface area (Å²) in [7, 11) is -1.73. The molecular weight excluding hydrogens is 446 g/mol. The lowest BCUT2D eigenvalue weighted by molar-refractivity contribution is -0.131. The summed E-state index contributed by atoms with van der Waals surface area (Å²) in [6.07, 6.45) is 7.04. The summed E-state index contributed by atoms with van der Waals surface area (Å²) < 4.78 is 28.4. The normalized spacial score (nSPS) is 20.8. The van der Waals surface area contributed by atoms with E-state index in [1.165, 1.54) is 5.57 Å². The van der Waals surface area contributed by atoms with Crippen molar-refractivity contribution in [1.82, 2.24) is 14.6 Å². The molecule has 1 aromatic carbocycles. The number of amides is 1. The number of hydrogen-bond donors (Lipinski definition) is 1. The molecule has 3 rings (SSSR count). The number of allylic oxidation sites excluding steroid dienone is 1. The van der Waals surface area contributed by atoms with Gasteiger partial charge < -0.3 is 4.90 Å². The number of pyridine rings is 1. The van der Waals surface area contributed by atoms with Crippen LogP contribution in [0.1, 0.15) is 44.7 Å². The van der Waals surface area contributed by atoms with Gasteiger partial charge in [-0.05, 0) is 67.7 Å². The number of sulfonamides is 1. The van der Waals surface area contributed by atoms with Crippen LogP contribution in [0.25, 0.3) is 0 Å². The SMILES string of the molecule is CC1=C[C@@H](CNS(=O)(=O)c2ccc(C)cc2)[C@H](C(C)C)C[C@H]1CC(=O)N(C)Cc1cccnc1. The molecule has 0 aliphatic heterocycles. The molecule has 1 N–H and O–H groups in total. The number of aromatic nitrogens is 1. The van der Waals surface area contributed by atoms with Crippen LogP contribution >= 0.6 is 0 Å². The highest BCUT2D eigenvalue weighted by molar-refractivity contribution is 7.89. The molecule has 7 heteroatoms. The maximum atomic E-state index is 12.9. The van der Waals surface area contributed by atoms with Gasteiger partial charge in [0.1, 0.15) is 0 Å². The minimum absolute atomic E-state index is 0.0969. The Morgan fingerprint density at radius 2 is 1.88 bits per heavy atom. The number of hydrogen-bond acceptors (Lipinski definition) is 4. The Hall–Kier alpha value is -2.51. The van der Waals surface area contributed by atoms with Gasteiger partial charge in [-0.2, -0.15) is 0 Å². The Morgan fingerprint density at radius 3 is 2.50 bits per heavy atom. The van der Waals surface area contributed by atoms with Crippen LogP contribution in [-0.2, 0) is 21.4 Å². The molecule has 1 aliphatic carbocycles. The predicted octanol–water partition coefficient (Wildman–Crippen LogP) is 4.57. The number of aryl methyl sites for hydroxylation is 1. The van der Waals surface area contributed by atoms with E-state index in [2.05, 4.69) is 36.6 Å². The summed E-state index contributed by atoms with van der Waals surface area (Å²) in [5.41, 5.74) is 3.20. The van der Waals surface area contributed by atoms with Crippen LogP contribution in [0.2, 0.25) is 0 Å². The van der Waals surface area contributed by atoms with Crippen LogP contribution in [0.15, 0.2) is 65.3 Å². The number of carbonyl (C=O) groups excluding carboxylic acids is 1. The highest BCUT2D eigenvalue weighted by atomic mass is 32.2. The molecule has 0 saturated carbocycles. The van der Waals surface area contributed by atoms with Gasteiger partial charge in [-0.3, -0.25) is 9.78 Å². The van der Waals surface area contributed by atoms with E-state index in [1.54, 1.807) is 29.4 Å². The zero-order valence-corrected chi connectivity index (χ0v) is 21.7. The van der Waals surface area contributed by atoms with E-state index in [0.717, 1.165) is 17.5 Å². The van der Waals surface area contributed by atoms with Crippen molar-refractivity contribution in [1.29, 1.82) is 0 Å². The third-order valence-electron chi connectivity index (χ3n) is 6.91. The second-order valence-corrected chi connectivity index (χ2v) is 11.7. The Balaban J connectivity index is 1.66. The van der Waals surface area contributed by atoms with Gasteiger partial charge in [-0.25, -0.2) is 13.1 Å². The van der Waals surface area contributed by atoms with Gasteiger partial charge in [0.05, 0.1) is 4.90 Å². The van der Waals surface area contributed by atoms with Crippen molar-refractivity contribution in [2.45, 2.75) is 52.0 Å². The van der Waals surface area contributed by atoms with Crippen LogP contribution in [0.3, 0.4) is 0 Å². The van der Waals surface area contributed by atoms with Crippen LogP contribution in [-0.4, -0.2) is 37.8 Å². The molecule has 1 amide bonds. The van der Waals surface area contributed by atoms with Crippen molar-refractivity contribution in [3.8, 4) is 0 Å². The second kappa shape index (κ2) is 11.3. The molecule has 34 heavy (non-hydrogen) atoms. The highest BCUT2D eigenvalue weighted by Crippen LogP contribution is 2.39. The summed E-state index contributed by atoms with van der Waals surface area (Å²) in [4.78, 5) is 19.1. The molecule has 6 nitrogen and oxygen atoms in total. The van der Waals surface area contributed by atoms with Crippen LogP contribution in [0.4, 0.5) is 0 Å². The van der Waals surface area contributed by atoms with Gasteiger partial charge in [0, 0.05) is 39.0 Å². The smallest absolute Gasteiger partial charge is 0.240 e. The Morgan fingerprint density at radius 1 is 1.18 bits per heavy atom. The van der Waals surface area contributed by atoms with Gasteiger partial charge in [-0.1, -0.05) is 49.3 Å². The maximum absolute atomic E-state index is 12.9. The molecule has 1 aromatic heterocycles. The van der Waals surface area contributed by atoms with Gasteiger partial charge in [0.15, 0.2) is 0 Å². The first-order valence-corrected chi connectivity index (χ1v) is 13.4. The third kappa shape index (κ3) is 6.76. The summed E-state index contributed by atoms with van der Waals surface area (Å²) in [6, 6.07) is 10.8. The number of carbonyl (C=O) groups is 1. The molecule has 0 bridgehead atoms. The molecule has 0 unspecified atom stereocenters. The van der Waals surface area contributed by atoms with Gasteiger partial charge in [0.25, 0.3) is 0 Å². The maximum Gasteiger partial charge on any atom is 0.240 e. The van der Waals surface area contributed by atoms with E-state index in [9.17, 15) is 13.2 Å². The van der Waals surface area contributed by atoms with Crippen LogP contribution < -0.4 is 4.72 Å². The highest BCUT2D eigenvalue weighted by Gasteiger charge is 2.33. The van der Waals surface area contributed by atoms with Crippen molar-refractivity contribution in [3.63, 3.8) is 0 Å². The Labute approximate surface area is 204 Å². The van der Waals surface area contributed by atoms with E-state index in [4.69, 9.17) is 0 Å². The molecule has 184 valence electrons. The first-order chi connectivity index (χ1) is 16.1. The number of rotatable bonds is 9. The Kier molecular flexibility index (Phi) is 8.66. The fourth-order valence-corrected chi connectivity index (χ4v) is 5.81. The molecule has 2 aromatic rings. The van der Waals surface area contributed by atoms with Crippen molar-refractivity contribution < 1.29 is 13.2 Å². The molecule has 0 radical (unpaired) electrons. The van der Waals surface area contributed by atoms with E-state index in [0.29, 0.717) is 31.3 Å². The van der Waals surface area contributed by atoms with E-state index in [1.807, 2.05) is 38.2 Å². The fraction of sp³-hybridized carbons (Fsp3) is 0.481. The van der Waals surface area contributed by atoms with Crippen molar-refractivity contribution >= 4 is 15.9 Å². The molecule has 3 atom stereocenters. The lowest BCUT2D eigenvalue weighted by Gasteiger charge is -2.37. The van der Waals surface area contributed by atoms with Crippen molar-refractivity contribution in [2.75, 3.05) is 13.6 Å². The quantitative estimate of drug-likeness (QED) is 0.530. The van der Waals surface area contributed by atoms with Crippen molar-refractivity contribution in [2.24, 2.45) is 23.7 Å². The summed E-state index contributed by atoms with van der Waals surface area (Å²) in [5.74, 6) is 1.05. The number of benzene rings is 1. The monoisotopic (exact) mass is 483 g/mol. The van der Waals surface area contributed by atoms with E-state index >= 15 is 0 Å². The predicted molar refractivity (Wildman–Crippen MR) is 135 cm³/mol.